The third kappa shape index (κ3) is 1.46. The van der Waals surface area contributed by atoms with Crippen LogP contribution in [0.4, 0.5) is 17.2 Å². The van der Waals surface area contributed by atoms with E-state index in [1.165, 1.54) is 16.9 Å². The first-order valence-corrected chi connectivity index (χ1v) is 7.59. The van der Waals surface area contributed by atoms with Crippen molar-refractivity contribution in [2.45, 2.75) is 32.9 Å². The van der Waals surface area contributed by atoms with Crippen molar-refractivity contribution in [3.63, 3.8) is 0 Å². The minimum atomic E-state index is 0.143. The Hall–Kier alpha value is -2.03. The molecule has 2 atom stereocenters. The van der Waals surface area contributed by atoms with Gasteiger partial charge >= 0.3 is 0 Å². The number of hydrogen-bond donors (Lipinski definition) is 0. The number of fused-ring (bicyclic) bond motifs is 5. The lowest BCUT2D eigenvalue weighted by atomic mass is 9.70. The van der Waals surface area contributed by atoms with Crippen LogP contribution in [0.25, 0.3) is 0 Å². The zero-order valence-electron chi connectivity index (χ0n) is 13.0. The molecule has 3 nitrogen and oxygen atoms in total. The quantitative estimate of drug-likeness (QED) is 0.722. The molecular formula is C18H21N3. The van der Waals surface area contributed by atoms with Gasteiger partial charge in [-0.25, -0.2) is 4.98 Å². The van der Waals surface area contributed by atoms with Crippen molar-refractivity contribution >= 4 is 17.2 Å². The SMILES string of the molecule is CC1c2ccccc2N2c3ncccc3N(C)C2C1(C)C. The van der Waals surface area contributed by atoms with Gasteiger partial charge in [-0.15, -0.1) is 0 Å². The van der Waals surface area contributed by atoms with Crippen LogP contribution in [0, 0.1) is 5.41 Å². The van der Waals surface area contributed by atoms with Crippen LogP contribution in [0.3, 0.4) is 0 Å². The minimum Gasteiger partial charge on any atom is -0.350 e. The van der Waals surface area contributed by atoms with Gasteiger partial charge in [-0.3, -0.25) is 0 Å². The van der Waals surface area contributed by atoms with Crippen molar-refractivity contribution in [2.24, 2.45) is 5.41 Å². The summed E-state index contributed by atoms with van der Waals surface area (Å²) in [6, 6.07) is 13.0. The van der Waals surface area contributed by atoms with E-state index >= 15 is 0 Å². The highest BCUT2D eigenvalue weighted by Crippen LogP contribution is 2.57. The maximum atomic E-state index is 4.67. The van der Waals surface area contributed by atoms with Gasteiger partial charge in [0.2, 0.25) is 0 Å². The second kappa shape index (κ2) is 4.00. The molecule has 108 valence electrons. The normalized spacial score (nSPS) is 25.3. The Morgan fingerprint density at radius 1 is 1.05 bits per heavy atom. The summed E-state index contributed by atoms with van der Waals surface area (Å²) in [7, 11) is 2.19. The zero-order valence-corrected chi connectivity index (χ0v) is 13.0. The van der Waals surface area contributed by atoms with E-state index < -0.39 is 0 Å². The van der Waals surface area contributed by atoms with Gasteiger partial charge in [0.05, 0.1) is 5.69 Å². The van der Waals surface area contributed by atoms with Crippen LogP contribution in [0.15, 0.2) is 42.6 Å². The van der Waals surface area contributed by atoms with E-state index in [0.717, 1.165) is 5.82 Å². The van der Waals surface area contributed by atoms with Gasteiger partial charge in [0.25, 0.3) is 0 Å². The van der Waals surface area contributed by atoms with Gasteiger partial charge in [0.15, 0.2) is 5.82 Å². The average Bonchev–Trinajstić information content (AvgIpc) is 2.80. The lowest BCUT2D eigenvalue weighted by molar-refractivity contribution is 0.226. The Morgan fingerprint density at radius 2 is 1.76 bits per heavy atom. The molecule has 0 spiro atoms. The van der Waals surface area contributed by atoms with Crippen molar-refractivity contribution in [3.05, 3.63) is 48.2 Å². The molecule has 0 bridgehead atoms. The number of rotatable bonds is 0. The summed E-state index contributed by atoms with van der Waals surface area (Å²) in [6.07, 6.45) is 2.20. The molecule has 2 unspecified atom stereocenters. The molecule has 2 aliphatic heterocycles. The maximum Gasteiger partial charge on any atom is 0.158 e. The van der Waals surface area contributed by atoms with Gasteiger partial charge in [-0.05, 0) is 29.7 Å². The van der Waals surface area contributed by atoms with Crippen LogP contribution in [-0.2, 0) is 0 Å². The summed E-state index contributed by atoms with van der Waals surface area (Å²) < 4.78 is 0. The standard InChI is InChI=1S/C18H21N3/c1-12-13-8-5-6-9-14(13)21-16-15(10-7-11-19-16)20(4)17(21)18(12,2)3/h5-12,17H,1-4H3. The van der Waals surface area contributed by atoms with Gasteiger partial charge in [0.1, 0.15) is 6.17 Å². The van der Waals surface area contributed by atoms with Gasteiger partial charge in [-0.1, -0.05) is 39.0 Å². The highest BCUT2D eigenvalue weighted by Gasteiger charge is 2.51. The Kier molecular flexibility index (Phi) is 2.42. The van der Waals surface area contributed by atoms with E-state index in [1.807, 2.05) is 12.3 Å². The van der Waals surface area contributed by atoms with E-state index in [4.69, 9.17) is 0 Å². The van der Waals surface area contributed by atoms with E-state index in [1.54, 1.807) is 0 Å². The molecule has 3 heterocycles. The number of nitrogens with zero attached hydrogens (tertiary/aromatic N) is 3. The molecule has 1 aromatic heterocycles. The first-order chi connectivity index (χ1) is 10.0. The first kappa shape index (κ1) is 12.7. The number of anilines is 3. The second-order valence-corrected chi connectivity index (χ2v) is 6.80. The third-order valence-electron chi connectivity index (χ3n) is 5.43. The summed E-state index contributed by atoms with van der Waals surface area (Å²) >= 11 is 0. The second-order valence-electron chi connectivity index (χ2n) is 6.80. The van der Waals surface area contributed by atoms with Gasteiger partial charge in [0, 0.05) is 24.3 Å². The summed E-state index contributed by atoms with van der Waals surface area (Å²) in [4.78, 5) is 9.47. The summed E-state index contributed by atoms with van der Waals surface area (Å²) in [5.41, 5.74) is 4.09. The average molecular weight is 279 g/mol. The topological polar surface area (TPSA) is 19.4 Å². The Bertz CT molecular complexity index is 707. The molecule has 0 aliphatic carbocycles. The molecular weight excluding hydrogens is 258 g/mol. The van der Waals surface area contributed by atoms with Crippen molar-refractivity contribution in [1.82, 2.24) is 4.98 Å². The molecule has 3 heteroatoms. The van der Waals surface area contributed by atoms with E-state index in [9.17, 15) is 0 Å². The highest BCUT2D eigenvalue weighted by molar-refractivity contribution is 5.83. The molecule has 0 fully saturated rings. The van der Waals surface area contributed by atoms with Gasteiger partial charge in [-0.2, -0.15) is 0 Å². The molecule has 2 aromatic rings. The van der Waals surface area contributed by atoms with Crippen molar-refractivity contribution in [3.8, 4) is 0 Å². The first-order valence-electron chi connectivity index (χ1n) is 7.59. The van der Waals surface area contributed by atoms with Crippen LogP contribution >= 0.6 is 0 Å². The van der Waals surface area contributed by atoms with Crippen molar-refractivity contribution < 1.29 is 0 Å². The predicted molar refractivity (Wildman–Crippen MR) is 87.2 cm³/mol. The smallest absolute Gasteiger partial charge is 0.158 e. The Morgan fingerprint density at radius 3 is 2.57 bits per heavy atom. The highest BCUT2D eigenvalue weighted by atomic mass is 15.4. The molecule has 1 aromatic carbocycles. The van der Waals surface area contributed by atoms with Crippen molar-refractivity contribution in [2.75, 3.05) is 16.8 Å². The van der Waals surface area contributed by atoms with Crippen LogP contribution in [0.1, 0.15) is 32.3 Å². The molecule has 21 heavy (non-hydrogen) atoms. The number of hydrogen-bond acceptors (Lipinski definition) is 3. The maximum absolute atomic E-state index is 4.67. The van der Waals surface area contributed by atoms with Crippen molar-refractivity contribution in [1.29, 1.82) is 0 Å². The predicted octanol–water partition coefficient (Wildman–Crippen LogP) is 4.14. The molecule has 0 amide bonds. The molecule has 0 N–H and O–H groups in total. The molecule has 0 radical (unpaired) electrons. The monoisotopic (exact) mass is 279 g/mol. The van der Waals surface area contributed by atoms with Crippen LogP contribution in [-0.4, -0.2) is 18.2 Å². The summed E-state index contributed by atoms with van der Waals surface area (Å²) in [5.74, 6) is 1.59. The van der Waals surface area contributed by atoms with Crippen LogP contribution in [0.5, 0.6) is 0 Å². The molecule has 4 rings (SSSR count). The summed E-state index contributed by atoms with van der Waals surface area (Å²) in [6.45, 7) is 7.09. The molecule has 0 saturated carbocycles. The van der Waals surface area contributed by atoms with Crippen LogP contribution < -0.4 is 9.80 Å². The molecule has 0 saturated heterocycles. The number of aromatic nitrogens is 1. The molecule has 2 aliphatic rings. The zero-order chi connectivity index (χ0) is 14.8. The number of para-hydroxylation sites is 1. The largest absolute Gasteiger partial charge is 0.350 e. The Labute approximate surface area is 126 Å². The minimum absolute atomic E-state index is 0.143. The van der Waals surface area contributed by atoms with E-state index in [0.29, 0.717) is 12.1 Å². The lowest BCUT2D eigenvalue weighted by Gasteiger charge is -2.50. The number of pyridine rings is 1. The van der Waals surface area contributed by atoms with E-state index in [2.05, 4.69) is 72.9 Å². The summed E-state index contributed by atoms with van der Waals surface area (Å²) in [5, 5.41) is 0. The fraction of sp³-hybridized carbons (Fsp3) is 0.389. The van der Waals surface area contributed by atoms with Crippen LogP contribution in [0.2, 0.25) is 0 Å². The number of benzene rings is 1. The van der Waals surface area contributed by atoms with E-state index in [-0.39, 0.29) is 5.41 Å². The Balaban J connectivity index is 2.02. The fourth-order valence-electron chi connectivity index (χ4n) is 4.05. The fourth-order valence-corrected chi connectivity index (χ4v) is 4.05. The lowest BCUT2D eigenvalue weighted by Crippen LogP contribution is -2.54. The third-order valence-corrected chi connectivity index (χ3v) is 5.43. The van der Waals surface area contributed by atoms with Gasteiger partial charge < -0.3 is 9.80 Å².